The Morgan fingerprint density at radius 1 is 1.42 bits per heavy atom. The molecule has 12 heavy (non-hydrogen) atoms. The molecule has 0 fully saturated rings. The highest BCUT2D eigenvalue weighted by Crippen LogP contribution is 2.27. The first-order chi connectivity index (χ1) is 5.65. The highest BCUT2D eigenvalue weighted by molar-refractivity contribution is 6.33. The van der Waals surface area contributed by atoms with Crippen LogP contribution in [0, 0.1) is 0 Å². The van der Waals surface area contributed by atoms with Crippen LogP contribution in [0.3, 0.4) is 0 Å². The highest BCUT2D eigenvalue weighted by Gasteiger charge is 2.05. The van der Waals surface area contributed by atoms with E-state index in [1.54, 1.807) is 12.1 Å². The van der Waals surface area contributed by atoms with Gasteiger partial charge in [-0.25, -0.2) is 0 Å². The Balaban J connectivity index is 3.12. The molecule has 1 aromatic rings. The summed E-state index contributed by atoms with van der Waals surface area (Å²) < 4.78 is 0. The van der Waals surface area contributed by atoms with Gasteiger partial charge in [-0.2, -0.15) is 0 Å². The van der Waals surface area contributed by atoms with E-state index < -0.39 is 0 Å². The van der Waals surface area contributed by atoms with E-state index in [4.69, 9.17) is 23.2 Å². The first kappa shape index (κ1) is 9.63. The molecule has 1 rings (SSSR count). The molecule has 0 saturated carbocycles. The van der Waals surface area contributed by atoms with Crippen LogP contribution in [0.15, 0.2) is 30.9 Å². The number of hydrogen-bond acceptors (Lipinski definition) is 0. The van der Waals surface area contributed by atoms with Crippen LogP contribution in [-0.4, -0.2) is 0 Å². The molecule has 0 aromatic heterocycles. The van der Waals surface area contributed by atoms with Gasteiger partial charge in [0.1, 0.15) is 0 Å². The molecule has 0 nitrogen and oxygen atoms in total. The van der Waals surface area contributed by atoms with Crippen molar-refractivity contribution in [3.8, 4) is 0 Å². The summed E-state index contributed by atoms with van der Waals surface area (Å²) in [4.78, 5) is 0. The summed E-state index contributed by atoms with van der Waals surface area (Å²) in [6, 6.07) is 5.46. The molecule has 0 aliphatic carbocycles. The summed E-state index contributed by atoms with van der Waals surface area (Å²) in [6.07, 6.45) is 1.84. The smallest absolute Gasteiger partial charge is 0.0444 e. The van der Waals surface area contributed by atoms with Crippen LogP contribution < -0.4 is 0 Å². The Morgan fingerprint density at radius 2 is 2.08 bits per heavy atom. The second-order valence-electron chi connectivity index (χ2n) is 2.69. The summed E-state index contributed by atoms with van der Waals surface area (Å²) in [5, 5.41) is 1.45. The molecule has 0 heterocycles. The molecular formula is C10H10Cl2. The number of allylic oxidation sites excluding steroid dienone is 1. The normalized spacial score (nSPS) is 12.6. The summed E-state index contributed by atoms with van der Waals surface area (Å²) in [5.74, 6) is 0.246. The van der Waals surface area contributed by atoms with Gasteiger partial charge in [-0.1, -0.05) is 36.2 Å². The largest absolute Gasteiger partial charge is 0.102 e. The van der Waals surface area contributed by atoms with Crippen LogP contribution in [0.4, 0.5) is 0 Å². The predicted molar refractivity (Wildman–Crippen MR) is 55.1 cm³/mol. The standard InChI is InChI=1S/C10H10Cl2/c1-3-7(2)9-6-8(11)4-5-10(9)12/h3-7H,1H2,2H3. The molecule has 64 valence electrons. The Morgan fingerprint density at radius 3 is 2.67 bits per heavy atom. The fraction of sp³-hybridized carbons (Fsp3) is 0.200. The van der Waals surface area contributed by atoms with Crippen molar-refractivity contribution >= 4 is 23.2 Å². The van der Waals surface area contributed by atoms with Crippen molar-refractivity contribution in [3.05, 3.63) is 46.5 Å². The molecule has 0 amide bonds. The fourth-order valence-electron chi connectivity index (χ4n) is 0.991. The minimum absolute atomic E-state index is 0.246. The van der Waals surface area contributed by atoms with Crippen molar-refractivity contribution in [2.45, 2.75) is 12.8 Å². The molecule has 1 unspecified atom stereocenters. The Kier molecular flexibility index (Phi) is 3.19. The summed E-state index contributed by atoms with van der Waals surface area (Å²) in [7, 11) is 0. The van der Waals surface area contributed by atoms with Gasteiger partial charge in [-0.15, -0.1) is 6.58 Å². The van der Waals surface area contributed by atoms with Gasteiger partial charge >= 0.3 is 0 Å². The molecular weight excluding hydrogens is 191 g/mol. The molecule has 1 atom stereocenters. The van der Waals surface area contributed by atoms with E-state index in [1.807, 2.05) is 19.1 Å². The zero-order valence-electron chi connectivity index (χ0n) is 6.85. The maximum Gasteiger partial charge on any atom is 0.0444 e. The maximum absolute atomic E-state index is 5.96. The number of hydrogen-bond donors (Lipinski definition) is 0. The maximum atomic E-state index is 5.96. The first-order valence-corrected chi connectivity index (χ1v) is 4.48. The molecule has 0 aliphatic heterocycles. The Labute approximate surface area is 82.8 Å². The van der Waals surface area contributed by atoms with Gasteiger partial charge in [-0.05, 0) is 23.8 Å². The zero-order chi connectivity index (χ0) is 9.14. The minimum Gasteiger partial charge on any atom is -0.102 e. The van der Waals surface area contributed by atoms with E-state index in [9.17, 15) is 0 Å². The number of halogens is 2. The molecule has 0 spiro atoms. The third kappa shape index (κ3) is 2.02. The highest BCUT2D eigenvalue weighted by atomic mass is 35.5. The summed E-state index contributed by atoms with van der Waals surface area (Å²) in [6.45, 7) is 5.74. The number of benzene rings is 1. The van der Waals surface area contributed by atoms with E-state index in [-0.39, 0.29) is 5.92 Å². The van der Waals surface area contributed by atoms with Gasteiger partial charge in [0, 0.05) is 16.0 Å². The topological polar surface area (TPSA) is 0 Å². The Bertz CT molecular complexity index is 292. The van der Waals surface area contributed by atoms with Gasteiger partial charge in [0.15, 0.2) is 0 Å². The second-order valence-corrected chi connectivity index (χ2v) is 3.53. The molecule has 0 saturated heterocycles. The summed E-state index contributed by atoms with van der Waals surface area (Å²) >= 11 is 11.8. The van der Waals surface area contributed by atoms with Gasteiger partial charge in [0.05, 0.1) is 0 Å². The molecule has 0 N–H and O–H groups in total. The van der Waals surface area contributed by atoms with E-state index in [0.29, 0.717) is 5.02 Å². The van der Waals surface area contributed by atoms with Crippen molar-refractivity contribution in [1.82, 2.24) is 0 Å². The molecule has 0 aliphatic rings. The lowest BCUT2D eigenvalue weighted by molar-refractivity contribution is 0.972. The molecule has 2 heteroatoms. The molecule has 0 radical (unpaired) electrons. The van der Waals surface area contributed by atoms with Crippen LogP contribution in [0.2, 0.25) is 10.0 Å². The molecule has 0 bridgehead atoms. The van der Waals surface area contributed by atoms with Crippen LogP contribution in [0.1, 0.15) is 18.4 Å². The lowest BCUT2D eigenvalue weighted by atomic mass is 10.0. The van der Waals surface area contributed by atoms with Crippen LogP contribution in [0.25, 0.3) is 0 Å². The second kappa shape index (κ2) is 3.97. The van der Waals surface area contributed by atoms with Crippen molar-refractivity contribution in [1.29, 1.82) is 0 Å². The lowest BCUT2D eigenvalue weighted by Gasteiger charge is -2.08. The van der Waals surface area contributed by atoms with Crippen molar-refractivity contribution in [2.75, 3.05) is 0 Å². The average molecular weight is 201 g/mol. The SMILES string of the molecule is C=CC(C)c1cc(Cl)ccc1Cl. The predicted octanol–water partition coefficient (Wildman–Crippen LogP) is 4.28. The van der Waals surface area contributed by atoms with Gasteiger partial charge in [0.25, 0.3) is 0 Å². The van der Waals surface area contributed by atoms with Crippen LogP contribution in [0.5, 0.6) is 0 Å². The molecule has 1 aromatic carbocycles. The van der Waals surface area contributed by atoms with E-state index in [0.717, 1.165) is 10.6 Å². The summed E-state index contributed by atoms with van der Waals surface area (Å²) in [5.41, 5.74) is 1.03. The van der Waals surface area contributed by atoms with Crippen molar-refractivity contribution in [2.24, 2.45) is 0 Å². The lowest BCUT2D eigenvalue weighted by Crippen LogP contribution is -1.89. The van der Waals surface area contributed by atoms with Crippen LogP contribution >= 0.6 is 23.2 Å². The fourth-order valence-corrected chi connectivity index (χ4v) is 1.46. The van der Waals surface area contributed by atoms with E-state index in [2.05, 4.69) is 6.58 Å². The van der Waals surface area contributed by atoms with E-state index in [1.165, 1.54) is 0 Å². The van der Waals surface area contributed by atoms with Crippen LogP contribution in [-0.2, 0) is 0 Å². The van der Waals surface area contributed by atoms with Gasteiger partial charge in [0.2, 0.25) is 0 Å². The average Bonchev–Trinajstić information content (AvgIpc) is 2.08. The minimum atomic E-state index is 0.246. The first-order valence-electron chi connectivity index (χ1n) is 3.72. The zero-order valence-corrected chi connectivity index (χ0v) is 8.36. The monoisotopic (exact) mass is 200 g/mol. The Hall–Kier alpha value is -0.460. The van der Waals surface area contributed by atoms with Crippen molar-refractivity contribution < 1.29 is 0 Å². The van der Waals surface area contributed by atoms with Gasteiger partial charge < -0.3 is 0 Å². The van der Waals surface area contributed by atoms with E-state index >= 15 is 0 Å². The quantitative estimate of drug-likeness (QED) is 0.626. The van der Waals surface area contributed by atoms with Crippen molar-refractivity contribution in [3.63, 3.8) is 0 Å². The number of rotatable bonds is 2. The third-order valence-electron chi connectivity index (χ3n) is 1.80. The third-order valence-corrected chi connectivity index (χ3v) is 2.38. The van der Waals surface area contributed by atoms with Gasteiger partial charge in [-0.3, -0.25) is 0 Å².